The van der Waals surface area contributed by atoms with Crippen LogP contribution in [0.3, 0.4) is 0 Å². The Morgan fingerprint density at radius 1 is 1.16 bits per heavy atom. The van der Waals surface area contributed by atoms with Crippen molar-refractivity contribution < 1.29 is 8.42 Å². The smallest absolute Gasteiger partial charge is 0.283 e. The standard InChI is InChI=1S/C12H15N3O3S/c1-9-11(13-19(3,17)18)12(16)15(14(9)2)10-7-5-4-6-8-10/h4-8,13H,1-3H3. The van der Waals surface area contributed by atoms with E-state index in [0.29, 0.717) is 11.4 Å². The van der Waals surface area contributed by atoms with E-state index in [0.717, 1.165) is 6.26 Å². The fraction of sp³-hybridized carbons (Fsp3) is 0.250. The normalized spacial score (nSPS) is 11.5. The number of benzene rings is 1. The molecule has 0 aliphatic carbocycles. The van der Waals surface area contributed by atoms with Crippen LogP contribution < -0.4 is 10.3 Å². The van der Waals surface area contributed by atoms with Gasteiger partial charge in [0.2, 0.25) is 10.0 Å². The van der Waals surface area contributed by atoms with Crippen molar-refractivity contribution in [1.82, 2.24) is 9.36 Å². The van der Waals surface area contributed by atoms with Crippen LogP contribution in [0, 0.1) is 6.92 Å². The van der Waals surface area contributed by atoms with Gasteiger partial charge in [-0.2, -0.15) is 0 Å². The molecule has 0 aliphatic rings. The lowest BCUT2D eigenvalue weighted by molar-refractivity contribution is 0.606. The molecule has 0 saturated carbocycles. The Hall–Kier alpha value is -2.02. The van der Waals surface area contributed by atoms with Gasteiger partial charge in [-0.3, -0.25) is 14.2 Å². The summed E-state index contributed by atoms with van der Waals surface area (Å²) in [7, 11) is -1.78. The molecule has 0 saturated heterocycles. The minimum Gasteiger partial charge on any atom is -0.283 e. The number of hydrogen-bond donors (Lipinski definition) is 1. The van der Waals surface area contributed by atoms with Gasteiger partial charge in [0, 0.05) is 7.05 Å². The summed E-state index contributed by atoms with van der Waals surface area (Å²) in [6.07, 6.45) is 1.02. The molecule has 19 heavy (non-hydrogen) atoms. The third kappa shape index (κ3) is 2.55. The van der Waals surface area contributed by atoms with Gasteiger partial charge in [-0.15, -0.1) is 0 Å². The van der Waals surface area contributed by atoms with Gasteiger partial charge in [-0.1, -0.05) is 18.2 Å². The zero-order chi connectivity index (χ0) is 14.2. The maximum absolute atomic E-state index is 12.3. The highest BCUT2D eigenvalue weighted by Gasteiger charge is 2.18. The molecular weight excluding hydrogens is 266 g/mol. The average Bonchev–Trinajstić information content (AvgIpc) is 2.53. The van der Waals surface area contributed by atoms with Crippen LogP contribution in [0.4, 0.5) is 5.69 Å². The minimum atomic E-state index is -3.48. The van der Waals surface area contributed by atoms with Crippen molar-refractivity contribution in [3.8, 4) is 5.69 Å². The van der Waals surface area contributed by atoms with E-state index >= 15 is 0 Å². The summed E-state index contributed by atoms with van der Waals surface area (Å²) in [5, 5.41) is 0. The topological polar surface area (TPSA) is 73.1 Å². The number of nitrogens with one attached hydrogen (secondary N) is 1. The molecule has 1 N–H and O–H groups in total. The first-order valence-corrected chi connectivity index (χ1v) is 7.52. The molecule has 6 nitrogen and oxygen atoms in total. The highest BCUT2D eigenvalue weighted by molar-refractivity contribution is 7.92. The Morgan fingerprint density at radius 3 is 2.26 bits per heavy atom. The molecule has 2 rings (SSSR count). The second-order valence-corrected chi connectivity index (χ2v) is 6.06. The molecule has 7 heteroatoms. The Bertz CT molecular complexity index is 758. The third-order valence-corrected chi connectivity index (χ3v) is 3.42. The molecule has 0 atom stereocenters. The van der Waals surface area contributed by atoms with E-state index in [9.17, 15) is 13.2 Å². The van der Waals surface area contributed by atoms with Crippen LogP contribution in [0.5, 0.6) is 0 Å². The first-order valence-electron chi connectivity index (χ1n) is 5.63. The molecule has 0 fully saturated rings. The van der Waals surface area contributed by atoms with Crippen molar-refractivity contribution in [2.24, 2.45) is 7.05 Å². The summed E-state index contributed by atoms with van der Waals surface area (Å²) < 4.78 is 27.9. The molecule has 0 bridgehead atoms. The van der Waals surface area contributed by atoms with Crippen LogP contribution >= 0.6 is 0 Å². The largest absolute Gasteiger partial charge is 0.296 e. The third-order valence-electron chi connectivity index (χ3n) is 2.84. The molecule has 1 heterocycles. The average molecular weight is 281 g/mol. The molecular formula is C12H15N3O3S. The van der Waals surface area contributed by atoms with Crippen molar-refractivity contribution in [2.45, 2.75) is 6.92 Å². The van der Waals surface area contributed by atoms with Crippen LogP contribution in [0.1, 0.15) is 5.69 Å². The van der Waals surface area contributed by atoms with Gasteiger partial charge in [-0.25, -0.2) is 13.1 Å². The van der Waals surface area contributed by atoms with Gasteiger partial charge in [0.15, 0.2) is 0 Å². The Kier molecular flexibility index (Phi) is 3.23. The van der Waals surface area contributed by atoms with Gasteiger partial charge in [-0.05, 0) is 19.1 Å². The number of anilines is 1. The van der Waals surface area contributed by atoms with E-state index in [1.807, 2.05) is 18.2 Å². The molecule has 1 aromatic carbocycles. The van der Waals surface area contributed by atoms with E-state index in [1.165, 1.54) is 4.68 Å². The van der Waals surface area contributed by atoms with Crippen molar-refractivity contribution in [3.63, 3.8) is 0 Å². The second-order valence-electron chi connectivity index (χ2n) is 4.31. The summed E-state index contributed by atoms with van der Waals surface area (Å²) in [6.45, 7) is 1.69. The molecule has 0 spiro atoms. The number of hydrogen-bond acceptors (Lipinski definition) is 3. The quantitative estimate of drug-likeness (QED) is 0.906. The first-order chi connectivity index (χ1) is 8.81. The Morgan fingerprint density at radius 2 is 1.74 bits per heavy atom. The van der Waals surface area contributed by atoms with Crippen LogP contribution in [0.15, 0.2) is 35.1 Å². The highest BCUT2D eigenvalue weighted by Crippen LogP contribution is 2.14. The first kappa shape index (κ1) is 13.4. The summed E-state index contributed by atoms with van der Waals surface area (Å²) in [5.41, 5.74) is 0.921. The van der Waals surface area contributed by atoms with Gasteiger partial charge >= 0.3 is 0 Å². The fourth-order valence-electron chi connectivity index (χ4n) is 1.87. The van der Waals surface area contributed by atoms with Gasteiger partial charge in [0.1, 0.15) is 5.69 Å². The van der Waals surface area contributed by atoms with Gasteiger partial charge in [0.05, 0.1) is 17.6 Å². The van der Waals surface area contributed by atoms with Gasteiger partial charge < -0.3 is 0 Å². The monoisotopic (exact) mass is 281 g/mol. The molecule has 2 aromatic rings. The molecule has 0 radical (unpaired) electrons. The predicted molar refractivity (Wildman–Crippen MR) is 74.2 cm³/mol. The minimum absolute atomic E-state index is 0.0776. The van der Waals surface area contributed by atoms with Crippen LogP contribution in [0.2, 0.25) is 0 Å². The zero-order valence-corrected chi connectivity index (χ0v) is 11.7. The summed E-state index contributed by atoms with van der Waals surface area (Å²) in [6, 6.07) is 9.04. The fourth-order valence-corrected chi connectivity index (χ4v) is 2.48. The Balaban J connectivity index is 2.67. The summed E-state index contributed by atoms with van der Waals surface area (Å²) in [4.78, 5) is 12.3. The van der Waals surface area contributed by atoms with E-state index in [2.05, 4.69) is 4.72 Å². The summed E-state index contributed by atoms with van der Waals surface area (Å²) >= 11 is 0. The zero-order valence-electron chi connectivity index (χ0n) is 10.9. The number of rotatable bonds is 3. The number of sulfonamides is 1. The van der Waals surface area contributed by atoms with Crippen molar-refractivity contribution in [1.29, 1.82) is 0 Å². The van der Waals surface area contributed by atoms with Crippen LogP contribution in [-0.4, -0.2) is 24.0 Å². The van der Waals surface area contributed by atoms with Crippen molar-refractivity contribution in [3.05, 3.63) is 46.4 Å². The van der Waals surface area contributed by atoms with Crippen LogP contribution in [0.25, 0.3) is 5.69 Å². The lowest BCUT2D eigenvalue weighted by atomic mass is 10.3. The molecule has 102 valence electrons. The number of para-hydroxylation sites is 1. The van der Waals surface area contributed by atoms with Crippen molar-refractivity contribution >= 4 is 15.7 Å². The molecule has 0 aliphatic heterocycles. The second kappa shape index (κ2) is 4.58. The van der Waals surface area contributed by atoms with Crippen molar-refractivity contribution in [2.75, 3.05) is 11.0 Å². The number of nitrogens with zero attached hydrogens (tertiary/aromatic N) is 2. The van der Waals surface area contributed by atoms with E-state index < -0.39 is 15.6 Å². The highest BCUT2D eigenvalue weighted by atomic mass is 32.2. The molecule has 0 unspecified atom stereocenters. The Labute approximate surface area is 111 Å². The maximum Gasteiger partial charge on any atom is 0.296 e. The van der Waals surface area contributed by atoms with E-state index in [-0.39, 0.29) is 5.69 Å². The number of aromatic nitrogens is 2. The molecule has 1 aromatic heterocycles. The predicted octanol–water partition coefficient (Wildman–Crippen LogP) is 0.856. The maximum atomic E-state index is 12.3. The van der Waals surface area contributed by atoms with E-state index in [1.54, 1.807) is 30.8 Å². The van der Waals surface area contributed by atoms with E-state index in [4.69, 9.17) is 0 Å². The lowest BCUT2D eigenvalue weighted by Gasteiger charge is -2.07. The lowest BCUT2D eigenvalue weighted by Crippen LogP contribution is -2.22. The molecule has 0 amide bonds. The SMILES string of the molecule is Cc1c(NS(C)(=O)=O)c(=O)n(-c2ccccc2)n1C. The summed E-state index contributed by atoms with van der Waals surface area (Å²) in [5.74, 6) is 0. The van der Waals surface area contributed by atoms with Gasteiger partial charge in [0.25, 0.3) is 5.56 Å². The van der Waals surface area contributed by atoms with Crippen LogP contribution in [-0.2, 0) is 17.1 Å².